The molecule has 0 saturated heterocycles. The first kappa shape index (κ1) is 14.0. The van der Waals surface area contributed by atoms with E-state index in [-0.39, 0.29) is 17.9 Å². The Morgan fingerprint density at radius 2 is 1.80 bits per heavy atom. The first-order valence-electron chi connectivity index (χ1n) is 6.00. The van der Waals surface area contributed by atoms with Gasteiger partial charge in [-0.25, -0.2) is 18.7 Å². The maximum absolute atomic E-state index is 13.4. The molecule has 1 N–H and O–H groups in total. The lowest BCUT2D eigenvalue weighted by Gasteiger charge is -2.06. The SMILES string of the molecule is Cc1cc(C)nc(NC(=O)Cc2ccc(F)cc2F)n1. The Kier molecular flexibility index (Phi) is 4.02. The van der Waals surface area contributed by atoms with Crippen LogP contribution in [0.5, 0.6) is 0 Å². The van der Waals surface area contributed by atoms with Gasteiger partial charge in [0, 0.05) is 17.5 Å². The molecule has 1 aromatic heterocycles. The fourth-order valence-corrected chi connectivity index (χ4v) is 1.79. The summed E-state index contributed by atoms with van der Waals surface area (Å²) < 4.78 is 26.2. The summed E-state index contributed by atoms with van der Waals surface area (Å²) in [5, 5.41) is 2.49. The van der Waals surface area contributed by atoms with Gasteiger partial charge >= 0.3 is 0 Å². The van der Waals surface area contributed by atoms with Crippen LogP contribution in [0.25, 0.3) is 0 Å². The Bertz CT molecular complexity index is 639. The van der Waals surface area contributed by atoms with E-state index in [9.17, 15) is 13.6 Å². The van der Waals surface area contributed by atoms with Gasteiger partial charge in [-0.1, -0.05) is 6.07 Å². The minimum absolute atomic E-state index is 0.119. The number of carbonyl (C=O) groups is 1. The minimum Gasteiger partial charge on any atom is -0.294 e. The highest BCUT2D eigenvalue weighted by atomic mass is 19.1. The number of nitrogens with zero attached hydrogens (tertiary/aromatic N) is 2. The number of hydrogen-bond acceptors (Lipinski definition) is 3. The Balaban J connectivity index is 2.09. The standard InChI is InChI=1S/C14H13F2N3O/c1-8-5-9(2)18-14(17-8)19-13(20)6-10-3-4-11(15)7-12(10)16/h3-5,7H,6H2,1-2H3,(H,17,18,19,20). The lowest BCUT2D eigenvalue weighted by atomic mass is 10.1. The molecule has 0 spiro atoms. The van der Waals surface area contributed by atoms with Crippen molar-refractivity contribution < 1.29 is 13.6 Å². The lowest BCUT2D eigenvalue weighted by molar-refractivity contribution is -0.115. The van der Waals surface area contributed by atoms with Crippen LogP contribution < -0.4 is 5.32 Å². The van der Waals surface area contributed by atoms with Gasteiger partial charge in [-0.05, 0) is 31.5 Å². The van der Waals surface area contributed by atoms with Gasteiger partial charge in [-0.2, -0.15) is 0 Å². The molecule has 0 bridgehead atoms. The van der Waals surface area contributed by atoms with Crippen LogP contribution in [0.1, 0.15) is 17.0 Å². The Morgan fingerprint density at radius 3 is 2.40 bits per heavy atom. The molecule has 0 aliphatic rings. The third-order valence-corrected chi connectivity index (χ3v) is 2.60. The molecule has 0 atom stereocenters. The highest BCUT2D eigenvalue weighted by Gasteiger charge is 2.11. The number of carbonyl (C=O) groups excluding carboxylic acids is 1. The zero-order valence-electron chi connectivity index (χ0n) is 11.1. The van der Waals surface area contributed by atoms with Crippen LogP contribution in [0.3, 0.4) is 0 Å². The molecule has 0 radical (unpaired) electrons. The van der Waals surface area contributed by atoms with Crippen molar-refractivity contribution in [1.29, 1.82) is 0 Å². The smallest absolute Gasteiger partial charge is 0.231 e. The summed E-state index contributed by atoms with van der Waals surface area (Å²) in [4.78, 5) is 19.9. The zero-order valence-corrected chi connectivity index (χ0v) is 11.1. The molecule has 0 unspecified atom stereocenters. The van der Waals surface area contributed by atoms with Gasteiger partial charge in [-0.15, -0.1) is 0 Å². The van der Waals surface area contributed by atoms with Crippen LogP contribution in [-0.4, -0.2) is 15.9 Å². The quantitative estimate of drug-likeness (QED) is 0.938. The number of halogens is 2. The van der Waals surface area contributed by atoms with Gasteiger partial charge in [0.1, 0.15) is 11.6 Å². The molecule has 0 fully saturated rings. The molecule has 0 saturated carbocycles. The van der Waals surface area contributed by atoms with Crippen LogP contribution >= 0.6 is 0 Å². The number of anilines is 1. The van der Waals surface area contributed by atoms with Crippen molar-refractivity contribution in [2.24, 2.45) is 0 Å². The van der Waals surface area contributed by atoms with E-state index in [4.69, 9.17) is 0 Å². The summed E-state index contributed by atoms with van der Waals surface area (Å²) in [5.41, 5.74) is 1.56. The molecule has 104 valence electrons. The molecule has 0 aliphatic heterocycles. The van der Waals surface area contributed by atoms with Gasteiger partial charge in [0.2, 0.25) is 11.9 Å². The summed E-state index contributed by atoms with van der Waals surface area (Å²) in [5.74, 6) is -1.71. The second kappa shape index (κ2) is 5.73. The van der Waals surface area contributed by atoms with Crippen LogP contribution in [0.2, 0.25) is 0 Å². The van der Waals surface area contributed by atoms with Crippen molar-refractivity contribution >= 4 is 11.9 Å². The molecule has 2 aromatic rings. The van der Waals surface area contributed by atoms with E-state index in [1.807, 2.05) is 0 Å². The summed E-state index contributed by atoms with van der Waals surface area (Å²) in [6.07, 6.45) is -0.206. The zero-order chi connectivity index (χ0) is 14.7. The van der Waals surface area contributed by atoms with Crippen molar-refractivity contribution in [3.05, 3.63) is 52.9 Å². The van der Waals surface area contributed by atoms with Gasteiger partial charge in [0.05, 0.1) is 6.42 Å². The third kappa shape index (κ3) is 3.57. The fourth-order valence-electron chi connectivity index (χ4n) is 1.79. The molecule has 1 heterocycles. The summed E-state index contributed by atoms with van der Waals surface area (Å²) >= 11 is 0. The molecular formula is C14H13F2N3O. The van der Waals surface area contributed by atoms with E-state index in [0.29, 0.717) is 0 Å². The van der Waals surface area contributed by atoms with E-state index in [1.54, 1.807) is 19.9 Å². The predicted octanol–water partition coefficient (Wildman–Crippen LogP) is 2.55. The normalized spacial score (nSPS) is 10.4. The average molecular weight is 277 g/mol. The predicted molar refractivity (Wildman–Crippen MR) is 70.2 cm³/mol. The maximum atomic E-state index is 13.4. The number of nitrogens with one attached hydrogen (secondary N) is 1. The van der Waals surface area contributed by atoms with Crippen LogP contribution in [0, 0.1) is 25.5 Å². The van der Waals surface area contributed by atoms with Crippen molar-refractivity contribution in [1.82, 2.24) is 9.97 Å². The first-order valence-corrected chi connectivity index (χ1v) is 6.00. The van der Waals surface area contributed by atoms with Gasteiger partial charge < -0.3 is 0 Å². The number of aryl methyl sites for hydroxylation is 2. The number of amides is 1. The second-order valence-corrected chi connectivity index (χ2v) is 4.43. The van der Waals surface area contributed by atoms with E-state index < -0.39 is 17.5 Å². The number of benzene rings is 1. The molecule has 1 amide bonds. The maximum Gasteiger partial charge on any atom is 0.231 e. The molecule has 0 aliphatic carbocycles. The Hall–Kier alpha value is -2.37. The van der Waals surface area contributed by atoms with Crippen molar-refractivity contribution in [3.63, 3.8) is 0 Å². The summed E-state index contributed by atoms with van der Waals surface area (Å²) in [6.45, 7) is 3.56. The largest absolute Gasteiger partial charge is 0.294 e. The van der Waals surface area contributed by atoms with Crippen LogP contribution in [-0.2, 0) is 11.2 Å². The monoisotopic (exact) mass is 277 g/mol. The molecule has 4 nitrogen and oxygen atoms in total. The minimum atomic E-state index is -0.749. The van der Waals surface area contributed by atoms with Crippen molar-refractivity contribution in [2.45, 2.75) is 20.3 Å². The average Bonchev–Trinajstić information content (AvgIpc) is 2.31. The van der Waals surface area contributed by atoms with E-state index in [0.717, 1.165) is 23.5 Å². The molecule has 2 rings (SSSR count). The second-order valence-electron chi connectivity index (χ2n) is 4.43. The Labute approximate surface area is 114 Å². The van der Waals surface area contributed by atoms with E-state index in [2.05, 4.69) is 15.3 Å². The topological polar surface area (TPSA) is 54.9 Å². The highest BCUT2D eigenvalue weighted by molar-refractivity contribution is 5.90. The summed E-state index contributed by atoms with van der Waals surface area (Å²) in [6, 6.07) is 4.87. The van der Waals surface area contributed by atoms with Gasteiger partial charge in [-0.3, -0.25) is 10.1 Å². The molecule has 20 heavy (non-hydrogen) atoms. The van der Waals surface area contributed by atoms with Crippen LogP contribution in [0.4, 0.5) is 14.7 Å². The summed E-state index contributed by atoms with van der Waals surface area (Å²) in [7, 11) is 0. The molecular weight excluding hydrogens is 264 g/mol. The van der Waals surface area contributed by atoms with E-state index >= 15 is 0 Å². The Morgan fingerprint density at radius 1 is 1.15 bits per heavy atom. The van der Waals surface area contributed by atoms with Gasteiger partial charge in [0.15, 0.2) is 0 Å². The third-order valence-electron chi connectivity index (χ3n) is 2.60. The molecule has 1 aromatic carbocycles. The molecule has 6 heteroatoms. The number of rotatable bonds is 3. The number of aromatic nitrogens is 2. The number of hydrogen-bond donors (Lipinski definition) is 1. The highest BCUT2D eigenvalue weighted by Crippen LogP contribution is 2.11. The van der Waals surface area contributed by atoms with Crippen molar-refractivity contribution in [3.8, 4) is 0 Å². The lowest BCUT2D eigenvalue weighted by Crippen LogP contribution is -2.17. The van der Waals surface area contributed by atoms with Gasteiger partial charge in [0.25, 0.3) is 0 Å². The van der Waals surface area contributed by atoms with Crippen molar-refractivity contribution in [2.75, 3.05) is 5.32 Å². The van der Waals surface area contributed by atoms with E-state index in [1.165, 1.54) is 6.07 Å². The van der Waals surface area contributed by atoms with Crippen LogP contribution in [0.15, 0.2) is 24.3 Å². The fraction of sp³-hybridized carbons (Fsp3) is 0.214. The first-order chi connectivity index (χ1) is 9.44.